The van der Waals surface area contributed by atoms with Gasteiger partial charge in [0.25, 0.3) is 0 Å². The molecule has 0 saturated heterocycles. The summed E-state index contributed by atoms with van der Waals surface area (Å²) in [6, 6.07) is 0. The fourth-order valence-corrected chi connectivity index (χ4v) is 7.36. The Morgan fingerprint density at radius 3 is 1.64 bits per heavy atom. The van der Waals surface area contributed by atoms with Crippen LogP contribution in [0.3, 0.4) is 0 Å². The van der Waals surface area contributed by atoms with Gasteiger partial charge in [0, 0.05) is 0 Å². The quantitative estimate of drug-likeness (QED) is 0.681. The van der Waals surface area contributed by atoms with E-state index in [2.05, 4.69) is 13.8 Å². The molecule has 0 N–H and O–H groups in total. The highest BCUT2D eigenvalue weighted by molar-refractivity contribution is 8.10. The van der Waals surface area contributed by atoms with Crippen molar-refractivity contribution in [1.29, 1.82) is 0 Å². The zero-order valence-electron chi connectivity index (χ0n) is 14.7. The molecule has 4 aliphatic rings. The Bertz CT molecular complexity index is 764. The number of ether oxygens (including phenoxy) is 2. The first-order chi connectivity index (χ1) is 11.9. The number of hydrogen-bond acceptors (Lipinski definition) is 6. The molecule has 25 heavy (non-hydrogen) atoms. The SMILES string of the molecule is COC(=O)C1=CC2=C3CCCC3=C3C=C(C(=O)OC)S[C@@]3(C)[C@]2(C)S1. The van der Waals surface area contributed by atoms with Gasteiger partial charge in [0.05, 0.1) is 33.5 Å². The number of carbonyl (C=O) groups is 2. The van der Waals surface area contributed by atoms with Gasteiger partial charge in [-0.1, -0.05) is 0 Å². The summed E-state index contributed by atoms with van der Waals surface area (Å²) in [5.74, 6) is -0.579. The van der Waals surface area contributed by atoms with Crippen LogP contribution in [0.2, 0.25) is 0 Å². The Morgan fingerprint density at radius 1 is 0.880 bits per heavy atom. The number of hydrogen-bond donors (Lipinski definition) is 0. The Balaban J connectivity index is 1.90. The molecule has 2 aliphatic carbocycles. The standard InChI is InChI=1S/C19H20O4S2/c1-18-12(8-14(24-18)16(20)22-3)10-6-5-7-11(10)13-9-15(17(21)23-4)25-19(13,18)2/h8-9H,5-7H2,1-4H3/t18-,19-/m1/s1. The molecule has 0 radical (unpaired) electrons. The molecular formula is C19H20O4S2. The summed E-state index contributed by atoms with van der Waals surface area (Å²) < 4.78 is 9.29. The van der Waals surface area contributed by atoms with E-state index in [1.165, 1.54) is 36.5 Å². The molecule has 6 heteroatoms. The van der Waals surface area contributed by atoms with Crippen molar-refractivity contribution >= 4 is 35.5 Å². The van der Waals surface area contributed by atoms with E-state index in [4.69, 9.17) is 9.47 Å². The number of allylic oxidation sites excluding steroid dienone is 4. The largest absolute Gasteiger partial charge is 0.465 e. The highest BCUT2D eigenvalue weighted by atomic mass is 32.2. The van der Waals surface area contributed by atoms with E-state index in [1.807, 2.05) is 12.2 Å². The van der Waals surface area contributed by atoms with Gasteiger partial charge in [0.15, 0.2) is 0 Å². The second-order valence-electron chi connectivity index (χ2n) is 6.91. The Morgan fingerprint density at radius 2 is 1.28 bits per heavy atom. The van der Waals surface area contributed by atoms with E-state index in [-0.39, 0.29) is 21.4 Å². The lowest BCUT2D eigenvalue weighted by atomic mass is 9.72. The Hall–Kier alpha value is -1.40. The summed E-state index contributed by atoms with van der Waals surface area (Å²) >= 11 is 3.13. The van der Waals surface area contributed by atoms with Crippen LogP contribution >= 0.6 is 23.5 Å². The van der Waals surface area contributed by atoms with Crippen molar-refractivity contribution in [3.63, 3.8) is 0 Å². The van der Waals surface area contributed by atoms with Crippen molar-refractivity contribution in [2.75, 3.05) is 14.2 Å². The number of thioether (sulfide) groups is 2. The summed E-state index contributed by atoms with van der Waals surface area (Å²) in [5, 5.41) is 0. The van der Waals surface area contributed by atoms with Gasteiger partial charge < -0.3 is 9.47 Å². The summed E-state index contributed by atoms with van der Waals surface area (Å²) in [7, 11) is 2.83. The van der Waals surface area contributed by atoms with Crippen molar-refractivity contribution in [2.45, 2.75) is 42.6 Å². The summed E-state index contributed by atoms with van der Waals surface area (Å²) in [6.07, 6.45) is 7.18. The highest BCUT2D eigenvalue weighted by Crippen LogP contribution is 2.68. The van der Waals surface area contributed by atoms with Gasteiger partial charge in [-0.3, -0.25) is 0 Å². The molecule has 2 atom stereocenters. The van der Waals surface area contributed by atoms with Gasteiger partial charge in [-0.15, -0.1) is 23.5 Å². The Labute approximate surface area is 155 Å². The molecule has 0 aromatic rings. The van der Waals surface area contributed by atoms with Gasteiger partial charge in [-0.25, -0.2) is 9.59 Å². The molecule has 2 heterocycles. The molecule has 0 bridgehead atoms. The van der Waals surface area contributed by atoms with E-state index in [0.29, 0.717) is 9.81 Å². The van der Waals surface area contributed by atoms with E-state index < -0.39 is 0 Å². The monoisotopic (exact) mass is 376 g/mol. The fourth-order valence-electron chi connectivity index (χ4n) is 4.35. The number of carbonyl (C=O) groups excluding carboxylic acids is 2. The Kier molecular flexibility index (Phi) is 3.78. The number of esters is 2. The molecule has 0 aromatic heterocycles. The summed E-state index contributed by atoms with van der Waals surface area (Å²) in [4.78, 5) is 25.6. The van der Waals surface area contributed by atoms with Crippen molar-refractivity contribution < 1.29 is 19.1 Å². The first-order valence-corrected chi connectivity index (χ1v) is 9.94. The normalized spacial score (nSPS) is 32.8. The smallest absolute Gasteiger partial charge is 0.344 e. The van der Waals surface area contributed by atoms with Gasteiger partial charge in [-0.05, 0) is 67.6 Å². The van der Waals surface area contributed by atoms with Crippen LogP contribution in [0.25, 0.3) is 0 Å². The topological polar surface area (TPSA) is 52.6 Å². The third kappa shape index (κ3) is 2.10. The molecule has 4 rings (SSSR count). The third-order valence-corrected chi connectivity index (χ3v) is 8.97. The average molecular weight is 376 g/mol. The van der Waals surface area contributed by atoms with Gasteiger partial charge in [0.1, 0.15) is 0 Å². The molecule has 1 saturated carbocycles. The van der Waals surface area contributed by atoms with Crippen LogP contribution in [0.15, 0.2) is 44.3 Å². The molecule has 0 aromatic carbocycles. The molecule has 0 spiro atoms. The molecule has 4 nitrogen and oxygen atoms in total. The van der Waals surface area contributed by atoms with E-state index in [9.17, 15) is 9.59 Å². The molecule has 0 unspecified atom stereocenters. The van der Waals surface area contributed by atoms with Crippen LogP contribution in [0.1, 0.15) is 33.1 Å². The van der Waals surface area contributed by atoms with Crippen molar-refractivity contribution in [1.82, 2.24) is 0 Å². The number of fused-ring (bicyclic) bond motifs is 4. The minimum absolute atomic E-state index is 0.289. The van der Waals surface area contributed by atoms with Crippen LogP contribution in [0, 0.1) is 0 Å². The maximum Gasteiger partial charge on any atom is 0.344 e. The first kappa shape index (κ1) is 17.0. The predicted octanol–water partition coefficient (Wildman–Crippen LogP) is 3.90. The molecule has 0 amide bonds. The van der Waals surface area contributed by atoms with Crippen molar-refractivity contribution in [3.8, 4) is 0 Å². The molecule has 2 aliphatic heterocycles. The van der Waals surface area contributed by atoms with Crippen LogP contribution in [-0.2, 0) is 19.1 Å². The van der Waals surface area contributed by atoms with E-state index >= 15 is 0 Å². The van der Waals surface area contributed by atoms with Crippen LogP contribution in [0.5, 0.6) is 0 Å². The lowest BCUT2D eigenvalue weighted by molar-refractivity contribution is -0.136. The van der Waals surface area contributed by atoms with Crippen LogP contribution in [-0.4, -0.2) is 35.7 Å². The zero-order chi connectivity index (χ0) is 18.0. The average Bonchev–Trinajstić information content (AvgIpc) is 3.28. The molecule has 1 fully saturated rings. The lowest BCUT2D eigenvalue weighted by Gasteiger charge is -2.46. The first-order valence-electron chi connectivity index (χ1n) is 8.31. The van der Waals surface area contributed by atoms with E-state index in [1.54, 1.807) is 23.5 Å². The van der Waals surface area contributed by atoms with Crippen molar-refractivity contribution in [3.05, 3.63) is 44.3 Å². The van der Waals surface area contributed by atoms with Crippen LogP contribution in [0.4, 0.5) is 0 Å². The van der Waals surface area contributed by atoms with Gasteiger partial charge >= 0.3 is 11.9 Å². The van der Waals surface area contributed by atoms with Crippen molar-refractivity contribution in [2.24, 2.45) is 0 Å². The van der Waals surface area contributed by atoms with E-state index in [0.717, 1.165) is 19.3 Å². The highest BCUT2D eigenvalue weighted by Gasteiger charge is 2.60. The summed E-state index contributed by atoms with van der Waals surface area (Å²) in [5.41, 5.74) is 5.15. The fraction of sp³-hybridized carbons (Fsp3) is 0.474. The maximum absolute atomic E-state index is 12.2. The third-order valence-electron chi connectivity index (χ3n) is 5.76. The number of methoxy groups -OCH3 is 2. The lowest BCUT2D eigenvalue weighted by Crippen LogP contribution is -2.47. The zero-order valence-corrected chi connectivity index (χ0v) is 16.4. The predicted molar refractivity (Wildman–Crippen MR) is 100 cm³/mol. The molecule has 132 valence electrons. The minimum Gasteiger partial charge on any atom is -0.465 e. The summed E-state index contributed by atoms with van der Waals surface area (Å²) in [6.45, 7) is 4.37. The second kappa shape index (κ2) is 5.55. The minimum atomic E-state index is -0.314. The number of rotatable bonds is 2. The van der Waals surface area contributed by atoms with Crippen LogP contribution < -0.4 is 0 Å². The van der Waals surface area contributed by atoms with Gasteiger partial charge in [0.2, 0.25) is 0 Å². The molecular weight excluding hydrogens is 356 g/mol. The van der Waals surface area contributed by atoms with Gasteiger partial charge in [-0.2, -0.15) is 0 Å². The second-order valence-corrected chi connectivity index (χ2v) is 9.83. The maximum atomic E-state index is 12.2.